The van der Waals surface area contributed by atoms with Crippen molar-refractivity contribution in [2.45, 2.75) is 50.2 Å². The first kappa shape index (κ1) is 27.5. The first-order valence-electron chi connectivity index (χ1n) is 10.5. The molecule has 0 aliphatic heterocycles. The lowest BCUT2D eigenvalue weighted by Gasteiger charge is -2.24. The molecule has 0 aliphatic rings. The zero-order valence-corrected chi connectivity index (χ0v) is 18.3. The summed E-state index contributed by atoms with van der Waals surface area (Å²) in [4.78, 5) is 59.7. The number of primary amides is 1. The molecule has 33 heavy (non-hydrogen) atoms. The number of carboxylic acids is 1. The molecule has 12 heteroatoms. The molecule has 0 saturated heterocycles. The summed E-state index contributed by atoms with van der Waals surface area (Å²) in [6.07, 6.45) is 1.03. The van der Waals surface area contributed by atoms with E-state index in [0.717, 1.165) is 5.56 Å². The fourth-order valence-corrected chi connectivity index (χ4v) is 2.97. The van der Waals surface area contributed by atoms with Gasteiger partial charge in [-0.1, -0.05) is 30.3 Å². The number of unbranched alkanes of at least 4 members (excludes halogenated alkanes) is 1. The molecule has 0 fully saturated rings. The molecule has 0 heterocycles. The SMILES string of the molecule is NCCCCC(NC(=O)C(Cc1ccccc1)NC(=O)C(N)CC(N)=O)C(=O)NCC(=O)O. The van der Waals surface area contributed by atoms with Gasteiger partial charge < -0.3 is 38.3 Å². The van der Waals surface area contributed by atoms with Crippen molar-refractivity contribution in [2.24, 2.45) is 17.2 Å². The lowest BCUT2D eigenvalue weighted by Crippen LogP contribution is -2.57. The van der Waals surface area contributed by atoms with Gasteiger partial charge in [0, 0.05) is 6.42 Å². The average molecular weight is 465 g/mol. The molecule has 0 aliphatic carbocycles. The summed E-state index contributed by atoms with van der Waals surface area (Å²) in [5.74, 6) is -4.08. The lowest BCUT2D eigenvalue weighted by atomic mass is 10.0. The molecule has 10 N–H and O–H groups in total. The van der Waals surface area contributed by atoms with Gasteiger partial charge >= 0.3 is 5.97 Å². The van der Waals surface area contributed by atoms with Gasteiger partial charge in [-0.05, 0) is 31.4 Å². The third kappa shape index (κ3) is 11.1. The van der Waals surface area contributed by atoms with Crippen LogP contribution in [0.5, 0.6) is 0 Å². The van der Waals surface area contributed by atoms with Gasteiger partial charge in [-0.15, -0.1) is 0 Å². The van der Waals surface area contributed by atoms with Crippen LogP contribution in [0.1, 0.15) is 31.2 Å². The first-order chi connectivity index (χ1) is 15.6. The third-order valence-electron chi connectivity index (χ3n) is 4.67. The second-order valence-electron chi connectivity index (χ2n) is 7.49. The molecule has 12 nitrogen and oxygen atoms in total. The molecule has 1 aromatic rings. The normalized spacial score (nSPS) is 13.3. The number of amides is 4. The zero-order valence-electron chi connectivity index (χ0n) is 18.3. The highest BCUT2D eigenvalue weighted by molar-refractivity contribution is 5.94. The molecule has 1 aromatic carbocycles. The summed E-state index contributed by atoms with van der Waals surface area (Å²) < 4.78 is 0. The lowest BCUT2D eigenvalue weighted by molar-refractivity contribution is -0.138. The van der Waals surface area contributed by atoms with Crippen LogP contribution in [0.25, 0.3) is 0 Å². The highest BCUT2D eigenvalue weighted by Gasteiger charge is 2.28. The van der Waals surface area contributed by atoms with Crippen molar-refractivity contribution in [3.05, 3.63) is 35.9 Å². The summed E-state index contributed by atoms with van der Waals surface area (Å²) >= 11 is 0. The number of nitrogens with two attached hydrogens (primary N) is 3. The monoisotopic (exact) mass is 464 g/mol. The Hall–Kier alpha value is -3.51. The molecule has 3 atom stereocenters. The highest BCUT2D eigenvalue weighted by Crippen LogP contribution is 2.07. The molecule has 0 radical (unpaired) electrons. The van der Waals surface area contributed by atoms with E-state index in [0.29, 0.717) is 19.4 Å². The Morgan fingerprint density at radius 2 is 1.55 bits per heavy atom. The van der Waals surface area contributed by atoms with Gasteiger partial charge in [0.1, 0.15) is 18.6 Å². The Morgan fingerprint density at radius 3 is 2.12 bits per heavy atom. The number of carbonyl (C=O) groups is 5. The number of hydrogen-bond acceptors (Lipinski definition) is 7. The average Bonchev–Trinajstić information content (AvgIpc) is 2.76. The standard InChI is InChI=1S/C21H32N6O6/c22-9-5-4-8-15(20(32)25-12-18(29)30)26-21(33)16(10-13-6-2-1-3-7-13)27-19(31)14(23)11-17(24)28/h1-3,6-7,14-16H,4-5,8-12,22-23H2,(H2,24,28)(H,25,32)(H,26,33)(H,27,31)(H,29,30). The van der Waals surface area contributed by atoms with E-state index >= 15 is 0 Å². The first-order valence-corrected chi connectivity index (χ1v) is 10.5. The van der Waals surface area contributed by atoms with Crippen LogP contribution in [0.4, 0.5) is 0 Å². The molecule has 0 saturated carbocycles. The number of nitrogens with one attached hydrogen (secondary N) is 3. The number of carboxylic acid groups (broad SMARTS) is 1. The summed E-state index contributed by atoms with van der Waals surface area (Å²) in [5.41, 5.74) is 17.0. The maximum atomic E-state index is 13.0. The van der Waals surface area contributed by atoms with E-state index in [9.17, 15) is 24.0 Å². The second-order valence-corrected chi connectivity index (χ2v) is 7.49. The number of aliphatic carboxylic acids is 1. The molecule has 0 aromatic heterocycles. The van der Waals surface area contributed by atoms with E-state index in [1.165, 1.54) is 0 Å². The van der Waals surface area contributed by atoms with Crippen molar-refractivity contribution in [3.63, 3.8) is 0 Å². The van der Waals surface area contributed by atoms with E-state index in [-0.39, 0.29) is 12.8 Å². The molecule has 1 rings (SSSR count). The van der Waals surface area contributed by atoms with Gasteiger partial charge in [0.15, 0.2) is 0 Å². The fourth-order valence-electron chi connectivity index (χ4n) is 2.97. The Kier molecular flexibility index (Phi) is 12.1. The van der Waals surface area contributed by atoms with Crippen LogP contribution < -0.4 is 33.2 Å². The minimum Gasteiger partial charge on any atom is -0.480 e. The predicted octanol–water partition coefficient (Wildman–Crippen LogP) is -2.27. The van der Waals surface area contributed by atoms with Gasteiger partial charge in [0.25, 0.3) is 0 Å². The van der Waals surface area contributed by atoms with Crippen molar-refractivity contribution >= 4 is 29.6 Å². The summed E-state index contributed by atoms with van der Waals surface area (Å²) in [5, 5.41) is 16.1. The van der Waals surface area contributed by atoms with Crippen LogP contribution in [-0.4, -0.2) is 65.9 Å². The van der Waals surface area contributed by atoms with E-state index in [4.69, 9.17) is 22.3 Å². The minimum absolute atomic E-state index is 0.0912. The van der Waals surface area contributed by atoms with E-state index in [1.807, 2.05) is 0 Å². The number of hydrogen-bond donors (Lipinski definition) is 7. The van der Waals surface area contributed by atoms with Crippen LogP contribution in [-0.2, 0) is 30.4 Å². The Morgan fingerprint density at radius 1 is 0.909 bits per heavy atom. The number of rotatable bonds is 15. The van der Waals surface area contributed by atoms with Crippen molar-refractivity contribution in [1.29, 1.82) is 0 Å². The number of carbonyl (C=O) groups excluding carboxylic acids is 4. The van der Waals surface area contributed by atoms with Crippen molar-refractivity contribution in [1.82, 2.24) is 16.0 Å². The van der Waals surface area contributed by atoms with Crippen LogP contribution in [0.2, 0.25) is 0 Å². The van der Waals surface area contributed by atoms with E-state index in [2.05, 4.69) is 16.0 Å². The predicted molar refractivity (Wildman–Crippen MR) is 119 cm³/mol. The van der Waals surface area contributed by atoms with Crippen LogP contribution >= 0.6 is 0 Å². The topological polar surface area (TPSA) is 220 Å². The Bertz CT molecular complexity index is 819. The third-order valence-corrected chi connectivity index (χ3v) is 4.67. The van der Waals surface area contributed by atoms with Crippen molar-refractivity contribution in [2.75, 3.05) is 13.1 Å². The molecule has 0 spiro atoms. The minimum atomic E-state index is -1.24. The van der Waals surface area contributed by atoms with Crippen LogP contribution in [0.3, 0.4) is 0 Å². The molecule has 0 bridgehead atoms. The number of benzene rings is 1. The summed E-state index contributed by atoms with van der Waals surface area (Å²) in [7, 11) is 0. The molecular formula is C21H32N6O6. The Balaban J connectivity index is 2.99. The van der Waals surface area contributed by atoms with E-state index < -0.39 is 60.7 Å². The van der Waals surface area contributed by atoms with Gasteiger partial charge in [-0.3, -0.25) is 24.0 Å². The van der Waals surface area contributed by atoms with Crippen LogP contribution in [0.15, 0.2) is 30.3 Å². The summed E-state index contributed by atoms with van der Waals surface area (Å²) in [6.45, 7) is -0.212. The van der Waals surface area contributed by atoms with Gasteiger partial charge in [0.2, 0.25) is 23.6 Å². The molecule has 4 amide bonds. The van der Waals surface area contributed by atoms with Crippen molar-refractivity contribution in [3.8, 4) is 0 Å². The van der Waals surface area contributed by atoms with Gasteiger partial charge in [-0.25, -0.2) is 0 Å². The second kappa shape index (κ2) is 14.5. The largest absolute Gasteiger partial charge is 0.480 e. The highest BCUT2D eigenvalue weighted by atomic mass is 16.4. The maximum absolute atomic E-state index is 13.0. The quantitative estimate of drug-likeness (QED) is 0.140. The van der Waals surface area contributed by atoms with Crippen LogP contribution in [0, 0.1) is 0 Å². The Labute approximate surface area is 191 Å². The maximum Gasteiger partial charge on any atom is 0.322 e. The van der Waals surface area contributed by atoms with Gasteiger partial charge in [-0.2, -0.15) is 0 Å². The smallest absolute Gasteiger partial charge is 0.322 e. The zero-order chi connectivity index (χ0) is 24.8. The van der Waals surface area contributed by atoms with E-state index in [1.54, 1.807) is 30.3 Å². The molecule has 3 unspecified atom stereocenters. The summed E-state index contributed by atoms with van der Waals surface area (Å²) in [6, 6.07) is 5.45. The molecular weight excluding hydrogens is 432 g/mol. The fraction of sp³-hybridized carbons (Fsp3) is 0.476. The molecule has 182 valence electrons. The van der Waals surface area contributed by atoms with Gasteiger partial charge in [0.05, 0.1) is 12.5 Å². The van der Waals surface area contributed by atoms with Crippen molar-refractivity contribution < 1.29 is 29.1 Å².